The fourth-order valence-electron chi connectivity index (χ4n) is 2.37. The predicted molar refractivity (Wildman–Crippen MR) is 93.0 cm³/mol. The third kappa shape index (κ3) is 3.94. The minimum absolute atomic E-state index is 0.267. The second-order valence-electron chi connectivity index (χ2n) is 5.63. The van der Waals surface area contributed by atoms with Crippen molar-refractivity contribution in [2.75, 3.05) is 0 Å². The first-order chi connectivity index (χ1) is 12.3. The van der Waals surface area contributed by atoms with Gasteiger partial charge in [0.15, 0.2) is 0 Å². The predicted octanol–water partition coefficient (Wildman–Crippen LogP) is 4.50. The summed E-state index contributed by atoms with van der Waals surface area (Å²) in [6, 6.07) is 11.0. The third-order valence-corrected chi connectivity index (χ3v) is 5.71. The van der Waals surface area contributed by atoms with Crippen LogP contribution in [0.4, 0.5) is 8.78 Å². The maximum Gasteiger partial charge on any atom is 0.341 e. The average Bonchev–Trinajstić information content (AvgIpc) is 3.03. The normalized spacial score (nSPS) is 11.9. The number of aromatic nitrogens is 2. The maximum atomic E-state index is 12.5. The maximum absolute atomic E-state index is 12.5. The van der Waals surface area contributed by atoms with Gasteiger partial charge in [-0.05, 0) is 62.0 Å². The number of nitrogens with zero attached hydrogens (tertiary/aromatic N) is 2. The second kappa shape index (κ2) is 7.16. The Bertz CT molecular complexity index is 1010. The number of hydrogen-bond acceptors (Lipinski definition) is 6. The van der Waals surface area contributed by atoms with Crippen LogP contribution in [0.1, 0.15) is 11.1 Å². The first-order valence-electron chi connectivity index (χ1n) is 7.48. The molecular weight excluding hydrogens is 382 g/mol. The van der Waals surface area contributed by atoms with Gasteiger partial charge in [0.2, 0.25) is 15.7 Å². The summed E-state index contributed by atoms with van der Waals surface area (Å²) in [6.07, 6.45) is 0. The summed E-state index contributed by atoms with van der Waals surface area (Å²) in [5, 5.41) is 8.23. The minimum atomic E-state index is -4.60. The molecule has 0 aliphatic rings. The molecule has 9 heteroatoms. The van der Waals surface area contributed by atoms with Crippen LogP contribution in [0.2, 0.25) is 0 Å². The van der Waals surface area contributed by atoms with Gasteiger partial charge in [0.25, 0.3) is 5.22 Å². The van der Waals surface area contributed by atoms with Gasteiger partial charge in [-0.2, -0.15) is 8.78 Å². The third-order valence-electron chi connectivity index (χ3n) is 3.47. The minimum Gasteiger partial charge on any atom is -0.411 e. The van der Waals surface area contributed by atoms with Crippen LogP contribution in [0.25, 0.3) is 11.5 Å². The highest BCUT2D eigenvalue weighted by Crippen LogP contribution is 2.31. The van der Waals surface area contributed by atoms with Gasteiger partial charge in [-0.3, -0.25) is 0 Å². The quantitative estimate of drug-likeness (QED) is 0.632. The summed E-state index contributed by atoms with van der Waals surface area (Å²) < 4.78 is 53.5. The molecule has 0 saturated carbocycles. The number of rotatable bonds is 5. The Hall–Kier alpha value is -2.26. The summed E-state index contributed by atoms with van der Waals surface area (Å²) in [7, 11) is -4.60. The van der Waals surface area contributed by atoms with E-state index in [1.807, 2.05) is 32.0 Å². The lowest BCUT2D eigenvalue weighted by Crippen LogP contribution is -2.10. The first-order valence-corrected chi connectivity index (χ1v) is 9.84. The highest BCUT2D eigenvalue weighted by atomic mass is 32.2. The van der Waals surface area contributed by atoms with E-state index in [1.54, 1.807) is 0 Å². The van der Waals surface area contributed by atoms with E-state index >= 15 is 0 Å². The largest absolute Gasteiger partial charge is 0.411 e. The van der Waals surface area contributed by atoms with E-state index in [9.17, 15) is 17.2 Å². The monoisotopic (exact) mass is 396 g/mol. The van der Waals surface area contributed by atoms with Gasteiger partial charge < -0.3 is 4.42 Å². The Morgan fingerprint density at radius 2 is 1.62 bits per heavy atom. The van der Waals surface area contributed by atoms with Crippen LogP contribution in [-0.4, -0.2) is 24.4 Å². The molecule has 2 aromatic carbocycles. The van der Waals surface area contributed by atoms with Gasteiger partial charge in [0, 0.05) is 10.5 Å². The van der Waals surface area contributed by atoms with Crippen LogP contribution in [0.15, 0.2) is 61.9 Å². The van der Waals surface area contributed by atoms with Crippen molar-refractivity contribution in [3.05, 3.63) is 53.6 Å². The zero-order valence-electron chi connectivity index (χ0n) is 13.8. The second-order valence-corrected chi connectivity index (χ2v) is 8.57. The molecule has 0 aliphatic carbocycles. The lowest BCUT2D eigenvalue weighted by atomic mass is 10.1. The lowest BCUT2D eigenvalue weighted by molar-refractivity contribution is 0.234. The van der Waals surface area contributed by atoms with Crippen molar-refractivity contribution in [1.29, 1.82) is 0 Å². The summed E-state index contributed by atoms with van der Waals surface area (Å²) in [5.74, 6) is -3.08. The molecule has 0 aliphatic heterocycles. The van der Waals surface area contributed by atoms with Gasteiger partial charge in [-0.25, -0.2) is 8.42 Å². The number of sulfone groups is 1. The molecule has 1 heterocycles. The van der Waals surface area contributed by atoms with Crippen molar-refractivity contribution in [1.82, 2.24) is 10.2 Å². The summed E-state index contributed by atoms with van der Waals surface area (Å²) in [4.78, 5) is 0.159. The fraction of sp³-hybridized carbons (Fsp3) is 0.176. The number of alkyl halides is 2. The van der Waals surface area contributed by atoms with Gasteiger partial charge in [-0.1, -0.05) is 17.2 Å². The van der Waals surface area contributed by atoms with Gasteiger partial charge >= 0.3 is 5.76 Å². The van der Waals surface area contributed by atoms with Crippen molar-refractivity contribution in [2.24, 2.45) is 0 Å². The summed E-state index contributed by atoms with van der Waals surface area (Å²) >= 11 is 1.12. The number of halogens is 2. The van der Waals surface area contributed by atoms with Crippen LogP contribution in [0.3, 0.4) is 0 Å². The van der Waals surface area contributed by atoms with Crippen molar-refractivity contribution in [3.8, 4) is 11.5 Å². The zero-order valence-corrected chi connectivity index (χ0v) is 15.4. The molecule has 1 aromatic heterocycles. The van der Waals surface area contributed by atoms with E-state index in [1.165, 1.54) is 12.1 Å². The van der Waals surface area contributed by atoms with Crippen molar-refractivity contribution in [3.63, 3.8) is 0 Å². The number of hydrogen-bond donors (Lipinski definition) is 0. The van der Waals surface area contributed by atoms with Crippen LogP contribution >= 0.6 is 11.8 Å². The van der Waals surface area contributed by atoms with Crippen molar-refractivity contribution < 1.29 is 21.6 Å². The van der Waals surface area contributed by atoms with E-state index in [0.29, 0.717) is 10.8 Å². The Labute approximate surface area is 153 Å². The van der Waals surface area contributed by atoms with Crippen LogP contribution in [0.5, 0.6) is 0 Å². The van der Waals surface area contributed by atoms with Gasteiger partial charge in [-0.15, -0.1) is 10.2 Å². The van der Waals surface area contributed by atoms with Crippen molar-refractivity contribution >= 4 is 21.6 Å². The van der Waals surface area contributed by atoms with Crippen LogP contribution in [0, 0.1) is 13.8 Å². The Kier molecular flexibility index (Phi) is 5.10. The van der Waals surface area contributed by atoms with E-state index in [4.69, 9.17) is 4.42 Å². The molecular formula is C17H14F2N2O3S2. The topological polar surface area (TPSA) is 73.1 Å². The van der Waals surface area contributed by atoms with E-state index in [-0.39, 0.29) is 5.22 Å². The molecule has 0 bridgehead atoms. The lowest BCUT2D eigenvalue weighted by Gasteiger charge is -2.03. The standard InChI is InChI=1S/C17H14F2N2O3S2/c1-10-7-11(2)9-12(8-10)15-20-21-17(24-15)25-13-3-5-14(6-4-13)26(22,23)16(18)19/h3-9,16H,1-2H3. The molecule has 136 valence electrons. The van der Waals surface area contributed by atoms with Crippen LogP contribution in [-0.2, 0) is 9.84 Å². The Morgan fingerprint density at radius 3 is 2.19 bits per heavy atom. The molecule has 0 N–H and O–H groups in total. The van der Waals surface area contributed by atoms with Gasteiger partial charge in [0.05, 0.1) is 4.90 Å². The Balaban J connectivity index is 1.79. The summed E-state index contributed by atoms with van der Waals surface area (Å²) in [6.45, 7) is 3.94. The van der Waals surface area contributed by atoms with Crippen molar-refractivity contribution in [2.45, 2.75) is 34.6 Å². The molecule has 3 rings (SSSR count). The van der Waals surface area contributed by atoms with Gasteiger partial charge in [0.1, 0.15) is 0 Å². The summed E-state index contributed by atoms with van der Waals surface area (Å²) in [5.41, 5.74) is 2.95. The molecule has 0 atom stereocenters. The number of benzene rings is 2. The molecule has 0 saturated heterocycles. The molecule has 0 fully saturated rings. The molecule has 5 nitrogen and oxygen atoms in total. The molecule has 3 aromatic rings. The highest BCUT2D eigenvalue weighted by molar-refractivity contribution is 7.99. The van der Waals surface area contributed by atoms with Crippen LogP contribution < -0.4 is 0 Å². The van der Waals surface area contributed by atoms with E-state index in [2.05, 4.69) is 10.2 Å². The fourth-order valence-corrected chi connectivity index (χ4v) is 3.76. The SMILES string of the molecule is Cc1cc(C)cc(-c2nnc(Sc3ccc(S(=O)(=O)C(F)F)cc3)o2)c1. The smallest absolute Gasteiger partial charge is 0.341 e. The van der Waals surface area contributed by atoms with E-state index < -0.39 is 20.5 Å². The van der Waals surface area contributed by atoms with E-state index in [0.717, 1.165) is 40.6 Å². The molecule has 26 heavy (non-hydrogen) atoms. The highest BCUT2D eigenvalue weighted by Gasteiger charge is 2.26. The molecule has 0 unspecified atom stereocenters. The molecule has 0 radical (unpaired) electrons. The number of aryl methyl sites for hydroxylation is 2. The molecule has 0 amide bonds. The average molecular weight is 396 g/mol. The Morgan fingerprint density at radius 1 is 1.00 bits per heavy atom. The first kappa shape index (κ1) is 18.5. The zero-order chi connectivity index (χ0) is 18.9. The molecule has 0 spiro atoms.